The van der Waals surface area contributed by atoms with Gasteiger partial charge in [0.25, 0.3) is 5.91 Å². The monoisotopic (exact) mass is 587 g/mol. The van der Waals surface area contributed by atoms with Crippen LogP contribution in [-0.2, 0) is 11.3 Å². The van der Waals surface area contributed by atoms with Crippen LogP contribution in [0.2, 0.25) is 0 Å². The molecule has 222 valence electrons. The van der Waals surface area contributed by atoms with Gasteiger partial charge in [0.05, 0.1) is 11.7 Å². The number of fused-ring (bicyclic) bond motifs is 1. The molecule has 3 N–H and O–H groups in total. The fraction of sp³-hybridized carbons (Fsp3) is 0.333. The summed E-state index contributed by atoms with van der Waals surface area (Å²) in [6, 6.07) is 15.1. The number of nitrogens with zero attached hydrogens (tertiary/aromatic N) is 2. The third-order valence-electron chi connectivity index (χ3n) is 5.94. The maximum Gasteiger partial charge on any atom is 0.573 e. The van der Waals surface area contributed by atoms with E-state index < -0.39 is 18.5 Å². The molecule has 0 fully saturated rings. The van der Waals surface area contributed by atoms with Crippen LogP contribution in [0.15, 0.2) is 54.6 Å². The maximum absolute atomic E-state index is 12.8. The normalized spacial score (nSPS) is 15.1. The molecule has 0 saturated heterocycles. The molecule has 1 atom stereocenters. The molecule has 3 aromatic rings. The highest BCUT2D eigenvalue weighted by Crippen LogP contribution is 2.40. The molecule has 0 radical (unpaired) electrons. The van der Waals surface area contributed by atoms with E-state index in [2.05, 4.69) is 10.1 Å². The number of carboxylic acids is 1. The van der Waals surface area contributed by atoms with Gasteiger partial charge >= 0.3 is 18.5 Å². The van der Waals surface area contributed by atoms with Crippen LogP contribution in [0.1, 0.15) is 28.5 Å². The van der Waals surface area contributed by atoms with Gasteiger partial charge < -0.3 is 29.7 Å². The van der Waals surface area contributed by atoms with Crippen molar-refractivity contribution >= 4 is 11.9 Å². The summed E-state index contributed by atoms with van der Waals surface area (Å²) in [5.41, 5.74) is 4.14. The molecule has 1 aliphatic rings. The number of aliphatic carboxylic acids is 1. The van der Waals surface area contributed by atoms with Crippen LogP contribution in [0.5, 0.6) is 5.75 Å². The molecule has 1 unspecified atom stereocenters. The van der Waals surface area contributed by atoms with Crippen molar-refractivity contribution in [1.29, 1.82) is 0 Å². The zero-order chi connectivity index (χ0) is 30.5. The number of benzene rings is 2. The van der Waals surface area contributed by atoms with E-state index in [1.54, 1.807) is 12.1 Å². The van der Waals surface area contributed by atoms with Crippen molar-refractivity contribution in [3.8, 4) is 28.1 Å². The number of aliphatic hydroxyl groups is 1. The second-order valence-corrected chi connectivity index (χ2v) is 9.35. The molecule has 8 nitrogen and oxygen atoms in total. The molecule has 0 saturated carbocycles. The van der Waals surface area contributed by atoms with E-state index in [1.807, 2.05) is 47.8 Å². The van der Waals surface area contributed by atoms with Gasteiger partial charge in [0, 0.05) is 25.3 Å². The Balaban J connectivity index is 0.000000587. The Morgan fingerprint density at radius 3 is 2.22 bits per heavy atom. The van der Waals surface area contributed by atoms with Crippen molar-refractivity contribution in [2.75, 3.05) is 27.2 Å². The van der Waals surface area contributed by atoms with Crippen LogP contribution in [0, 0.1) is 0 Å². The molecule has 4 rings (SSSR count). The minimum atomic E-state index is -5.08. The number of nitrogens with one attached hydrogen (secondary N) is 1. The van der Waals surface area contributed by atoms with Crippen LogP contribution < -0.4 is 10.1 Å². The lowest BCUT2D eigenvalue weighted by atomic mass is 9.99. The van der Waals surface area contributed by atoms with Crippen molar-refractivity contribution in [1.82, 2.24) is 14.8 Å². The fourth-order valence-corrected chi connectivity index (χ4v) is 4.36. The Kier molecular flexibility index (Phi) is 9.71. The van der Waals surface area contributed by atoms with E-state index in [-0.39, 0.29) is 24.3 Å². The molecule has 1 aromatic heterocycles. The largest absolute Gasteiger partial charge is 0.573 e. The van der Waals surface area contributed by atoms with Crippen LogP contribution in [0.25, 0.3) is 22.4 Å². The molecule has 2 aromatic carbocycles. The van der Waals surface area contributed by atoms with Crippen LogP contribution in [0.4, 0.5) is 26.3 Å². The lowest BCUT2D eigenvalue weighted by Gasteiger charge is -2.28. The number of aliphatic hydroxyl groups excluding tert-OH is 1. The van der Waals surface area contributed by atoms with E-state index >= 15 is 0 Å². The zero-order valence-corrected chi connectivity index (χ0v) is 21.9. The Labute approximate surface area is 230 Å². The summed E-state index contributed by atoms with van der Waals surface area (Å²) < 4.78 is 76.2. The number of rotatable bonds is 7. The number of hydrogen-bond acceptors (Lipinski definition) is 5. The number of hydrogen-bond donors (Lipinski definition) is 3. The van der Waals surface area contributed by atoms with Gasteiger partial charge in [0.2, 0.25) is 0 Å². The highest BCUT2D eigenvalue weighted by molar-refractivity contribution is 5.98. The molecule has 41 heavy (non-hydrogen) atoms. The Morgan fingerprint density at radius 1 is 1.05 bits per heavy atom. The van der Waals surface area contributed by atoms with E-state index in [0.717, 1.165) is 17.7 Å². The minimum Gasteiger partial charge on any atom is -0.475 e. The van der Waals surface area contributed by atoms with Gasteiger partial charge in [-0.15, -0.1) is 13.2 Å². The topological polar surface area (TPSA) is 104 Å². The molecule has 1 aliphatic heterocycles. The van der Waals surface area contributed by atoms with Crippen molar-refractivity contribution < 1.29 is 50.9 Å². The maximum atomic E-state index is 12.8. The van der Waals surface area contributed by atoms with Crippen LogP contribution >= 0.6 is 0 Å². The lowest BCUT2D eigenvalue weighted by Crippen LogP contribution is -2.39. The highest BCUT2D eigenvalue weighted by Gasteiger charge is 2.38. The first-order valence-electron chi connectivity index (χ1n) is 12.1. The molecule has 0 bridgehead atoms. The molecule has 0 aliphatic carbocycles. The molecule has 1 amide bonds. The van der Waals surface area contributed by atoms with E-state index in [9.17, 15) is 36.2 Å². The molecular formula is C27H27F6N3O5. The number of aromatic nitrogens is 1. The van der Waals surface area contributed by atoms with Crippen molar-refractivity contribution in [3.63, 3.8) is 0 Å². The first-order chi connectivity index (χ1) is 19.1. The summed E-state index contributed by atoms with van der Waals surface area (Å²) >= 11 is 0. The summed E-state index contributed by atoms with van der Waals surface area (Å²) in [7, 11) is 3.95. The second-order valence-electron chi connectivity index (χ2n) is 9.35. The summed E-state index contributed by atoms with van der Waals surface area (Å²) in [5, 5.41) is 19.6. The van der Waals surface area contributed by atoms with Gasteiger partial charge in [0.1, 0.15) is 11.4 Å². The third-order valence-corrected chi connectivity index (χ3v) is 5.94. The number of carbonyl (C=O) groups excluding carboxylic acids is 1. The number of carbonyl (C=O) groups is 2. The predicted molar refractivity (Wildman–Crippen MR) is 136 cm³/mol. The van der Waals surface area contributed by atoms with Crippen LogP contribution in [0.3, 0.4) is 0 Å². The Hall–Kier alpha value is -4.04. The van der Waals surface area contributed by atoms with Gasteiger partial charge in [-0.25, -0.2) is 4.79 Å². The van der Waals surface area contributed by atoms with Crippen molar-refractivity contribution in [2.24, 2.45) is 0 Å². The molecule has 2 heterocycles. The Bertz CT molecular complexity index is 1370. The minimum absolute atomic E-state index is 0.0659. The van der Waals surface area contributed by atoms with Gasteiger partial charge in [-0.2, -0.15) is 13.2 Å². The number of alkyl halides is 6. The molecule has 14 heteroatoms. The first-order valence-corrected chi connectivity index (χ1v) is 12.1. The second kappa shape index (κ2) is 12.6. The summed E-state index contributed by atoms with van der Waals surface area (Å²) in [5.74, 6) is -3.36. The van der Waals surface area contributed by atoms with Crippen molar-refractivity contribution in [3.05, 3.63) is 65.9 Å². The standard InChI is InChI=1S/C25H26F3N3O3.C2HF3O2/c1-30(2)15-16-6-8-17(9-7-16)23-21(18-4-3-5-20(12-18)34-25(26,27)28)13-22-24(33)29-14-19(10-11-32)31(22)23;3-2(4,5)1(6)7/h3-9,12-13,19,32H,10-11,14-15H2,1-2H3,(H,29,33);(H,6,7). The third kappa shape index (κ3) is 8.24. The van der Waals surface area contributed by atoms with E-state index in [0.29, 0.717) is 35.5 Å². The van der Waals surface area contributed by atoms with Gasteiger partial charge in [-0.05, 0) is 55.4 Å². The number of halogens is 6. The average Bonchev–Trinajstić information content (AvgIpc) is 3.27. The Morgan fingerprint density at radius 2 is 1.68 bits per heavy atom. The summed E-state index contributed by atoms with van der Waals surface area (Å²) in [4.78, 5) is 23.7. The van der Waals surface area contributed by atoms with Gasteiger partial charge in [0.15, 0.2) is 0 Å². The van der Waals surface area contributed by atoms with Crippen LogP contribution in [-0.4, -0.2) is 71.3 Å². The fourth-order valence-electron chi connectivity index (χ4n) is 4.36. The number of carboxylic acid groups (broad SMARTS) is 1. The average molecular weight is 588 g/mol. The molecular weight excluding hydrogens is 560 g/mol. The predicted octanol–water partition coefficient (Wildman–Crippen LogP) is 5.08. The smallest absolute Gasteiger partial charge is 0.475 e. The highest BCUT2D eigenvalue weighted by atomic mass is 19.4. The number of amides is 1. The van der Waals surface area contributed by atoms with E-state index in [4.69, 9.17) is 9.90 Å². The first kappa shape index (κ1) is 31.5. The summed E-state index contributed by atoms with van der Waals surface area (Å²) in [6.45, 7) is 1.04. The van der Waals surface area contributed by atoms with Gasteiger partial charge in [-0.1, -0.05) is 36.4 Å². The molecule has 0 spiro atoms. The quantitative estimate of drug-likeness (QED) is 0.333. The SMILES string of the molecule is CN(C)Cc1ccc(-c2c(-c3cccc(OC(F)(F)F)c3)cc3n2C(CCO)CNC3=O)cc1.O=C(O)C(F)(F)F. The van der Waals surface area contributed by atoms with Crippen molar-refractivity contribution in [2.45, 2.75) is 31.5 Å². The number of ether oxygens (including phenoxy) is 1. The lowest BCUT2D eigenvalue weighted by molar-refractivity contribution is -0.274. The summed E-state index contributed by atoms with van der Waals surface area (Å²) in [6.07, 6.45) is -9.47. The van der Waals surface area contributed by atoms with E-state index in [1.165, 1.54) is 18.2 Å². The zero-order valence-electron chi connectivity index (χ0n) is 21.9. The van der Waals surface area contributed by atoms with Gasteiger partial charge in [-0.3, -0.25) is 4.79 Å².